The molecule has 96 valence electrons. The number of thiocarbonyl (C=S) groups is 1. The number of thiophene rings is 1. The van der Waals surface area contributed by atoms with Gasteiger partial charge in [-0.1, -0.05) is 6.07 Å². The average Bonchev–Trinajstić information content (AvgIpc) is 2.92. The number of aryl methyl sites for hydroxylation is 2. The molecule has 0 unspecified atom stereocenters. The smallest absolute Gasteiger partial charge is 0.171 e. The van der Waals surface area contributed by atoms with Gasteiger partial charge in [-0.2, -0.15) is 5.10 Å². The highest BCUT2D eigenvalue weighted by Gasteiger charge is 2.10. The Balaban J connectivity index is 1.95. The maximum atomic E-state index is 5.28. The number of nitrogens with zero attached hydrogens (tertiary/aromatic N) is 2. The molecule has 0 saturated carbocycles. The van der Waals surface area contributed by atoms with Crippen molar-refractivity contribution < 1.29 is 0 Å². The van der Waals surface area contributed by atoms with E-state index in [1.165, 1.54) is 4.88 Å². The second-order valence-corrected chi connectivity index (χ2v) is 5.50. The third kappa shape index (κ3) is 2.88. The van der Waals surface area contributed by atoms with Gasteiger partial charge in [0.1, 0.15) is 0 Å². The van der Waals surface area contributed by atoms with E-state index >= 15 is 0 Å². The van der Waals surface area contributed by atoms with Gasteiger partial charge in [-0.3, -0.25) is 4.68 Å². The van der Waals surface area contributed by atoms with Crippen molar-refractivity contribution in [1.82, 2.24) is 15.1 Å². The summed E-state index contributed by atoms with van der Waals surface area (Å²) in [5, 5.41) is 13.4. The Bertz CT molecular complexity index is 543. The van der Waals surface area contributed by atoms with Gasteiger partial charge < -0.3 is 10.6 Å². The van der Waals surface area contributed by atoms with Crippen LogP contribution in [0.2, 0.25) is 0 Å². The standard InChI is InChI=1S/C12H16N4S2/c1-8-11(9(2)16(3)15-8)14-12(17)13-7-10-5-4-6-18-10/h4-6H,7H2,1-3H3,(H2,13,14,17). The van der Waals surface area contributed by atoms with Crippen molar-refractivity contribution >= 4 is 34.4 Å². The Morgan fingerprint density at radius 2 is 2.28 bits per heavy atom. The van der Waals surface area contributed by atoms with Crippen LogP contribution in [-0.2, 0) is 13.6 Å². The zero-order valence-electron chi connectivity index (χ0n) is 10.7. The largest absolute Gasteiger partial charge is 0.358 e. The summed E-state index contributed by atoms with van der Waals surface area (Å²) in [5.41, 5.74) is 3.02. The van der Waals surface area contributed by atoms with E-state index < -0.39 is 0 Å². The van der Waals surface area contributed by atoms with E-state index in [1.807, 2.05) is 31.6 Å². The van der Waals surface area contributed by atoms with E-state index in [4.69, 9.17) is 12.2 Å². The third-order valence-corrected chi connectivity index (χ3v) is 3.87. The van der Waals surface area contributed by atoms with E-state index in [0.717, 1.165) is 23.6 Å². The summed E-state index contributed by atoms with van der Waals surface area (Å²) in [4.78, 5) is 1.26. The van der Waals surface area contributed by atoms with Crippen molar-refractivity contribution in [1.29, 1.82) is 0 Å². The Hall–Kier alpha value is -1.40. The molecule has 0 aliphatic heterocycles. The molecule has 0 bridgehead atoms. The summed E-state index contributed by atoms with van der Waals surface area (Å²) in [7, 11) is 1.93. The molecule has 2 rings (SSSR count). The maximum absolute atomic E-state index is 5.28. The maximum Gasteiger partial charge on any atom is 0.171 e. The van der Waals surface area contributed by atoms with Crippen LogP contribution in [0.4, 0.5) is 5.69 Å². The van der Waals surface area contributed by atoms with Gasteiger partial charge in [-0.25, -0.2) is 0 Å². The molecule has 4 nitrogen and oxygen atoms in total. The van der Waals surface area contributed by atoms with Crippen LogP contribution >= 0.6 is 23.6 Å². The average molecular weight is 280 g/mol. The Kier molecular flexibility index (Phi) is 3.98. The fourth-order valence-corrected chi connectivity index (χ4v) is 2.51. The van der Waals surface area contributed by atoms with Crippen molar-refractivity contribution in [2.24, 2.45) is 7.05 Å². The predicted molar refractivity (Wildman–Crippen MR) is 80.1 cm³/mol. The molecule has 2 aromatic rings. The number of hydrogen-bond acceptors (Lipinski definition) is 3. The molecule has 0 spiro atoms. The number of anilines is 1. The van der Waals surface area contributed by atoms with E-state index in [9.17, 15) is 0 Å². The fraction of sp³-hybridized carbons (Fsp3) is 0.333. The first kappa shape index (κ1) is 13.0. The van der Waals surface area contributed by atoms with Crippen molar-refractivity contribution in [3.63, 3.8) is 0 Å². The molecule has 18 heavy (non-hydrogen) atoms. The quantitative estimate of drug-likeness (QED) is 0.848. The summed E-state index contributed by atoms with van der Waals surface area (Å²) in [6, 6.07) is 4.12. The van der Waals surface area contributed by atoms with E-state index in [2.05, 4.69) is 27.2 Å². The summed E-state index contributed by atoms with van der Waals surface area (Å²) >= 11 is 7.00. The molecule has 2 aromatic heterocycles. The molecule has 2 heterocycles. The molecule has 0 fully saturated rings. The summed E-state index contributed by atoms with van der Waals surface area (Å²) in [5.74, 6) is 0. The van der Waals surface area contributed by atoms with Gasteiger partial charge in [0, 0.05) is 11.9 Å². The molecular weight excluding hydrogens is 264 g/mol. The van der Waals surface area contributed by atoms with Crippen LogP contribution < -0.4 is 10.6 Å². The van der Waals surface area contributed by atoms with Gasteiger partial charge in [0.25, 0.3) is 0 Å². The van der Waals surface area contributed by atoms with Crippen LogP contribution in [0.5, 0.6) is 0 Å². The molecule has 0 atom stereocenters. The molecule has 0 saturated heterocycles. The number of rotatable bonds is 3. The molecular formula is C12H16N4S2. The molecule has 6 heteroatoms. The van der Waals surface area contributed by atoms with Gasteiger partial charge in [0.15, 0.2) is 5.11 Å². The van der Waals surface area contributed by atoms with Crippen molar-refractivity contribution in [2.75, 3.05) is 5.32 Å². The first-order chi connectivity index (χ1) is 8.58. The Morgan fingerprint density at radius 3 is 2.83 bits per heavy atom. The van der Waals surface area contributed by atoms with E-state index in [1.54, 1.807) is 11.3 Å². The minimum atomic E-state index is 0.627. The van der Waals surface area contributed by atoms with Gasteiger partial charge in [0.05, 0.1) is 23.6 Å². The van der Waals surface area contributed by atoms with Crippen LogP contribution in [0.25, 0.3) is 0 Å². The molecule has 2 N–H and O–H groups in total. The first-order valence-electron chi connectivity index (χ1n) is 5.65. The summed E-state index contributed by atoms with van der Waals surface area (Å²) < 4.78 is 1.85. The lowest BCUT2D eigenvalue weighted by Crippen LogP contribution is -2.28. The molecule has 0 amide bonds. The van der Waals surface area contributed by atoms with Gasteiger partial charge in [-0.15, -0.1) is 11.3 Å². The van der Waals surface area contributed by atoms with E-state index in [0.29, 0.717) is 5.11 Å². The van der Waals surface area contributed by atoms with Crippen LogP contribution in [-0.4, -0.2) is 14.9 Å². The third-order valence-electron chi connectivity index (χ3n) is 2.75. The molecule has 0 aromatic carbocycles. The first-order valence-corrected chi connectivity index (χ1v) is 6.94. The number of nitrogens with one attached hydrogen (secondary N) is 2. The molecule has 0 aliphatic carbocycles. The van der Waals surface area contributed by atoms with Gasteiger partial charge in [-0.05, 0) is 37.5 Å². The van der Waals surface area contributed by atoms with Crippen molar-refractivity contribution in [3.05, 3.63) is 33.8 Å². The van der Waals surface area contributed by atoms with E-state index in [-0.39, 0.29) is 0 Å². The summed E-state index contributed by atoms with van der Waals surface area (Å²) in [6.45, 7) is 4.74. The normalized spacial score (nSPS) is 10.4. The highest BCUT2D eigenvalue weighted by molar-refractivity contribution is 7.80. The molecule has 0 aliphatic rings. The minimum absolute atomic E-state index is 0.627. The minimum Gasteiger partial charge on any atom is -0.358 e. The highest BCUT2D eigenvalue weighted by Crippen LogP contribution is 2.18. The van der Waals surface area contributed by atoms with Crippen LogP contribution in [0.3, 0.4) is 0 Å². The monoisotopic (exact) mass is 280 g/mol. The zero-order chi connectivity index (χ0) is 13.1. The van der Waals surface area contributed by atoms with Crippen LogP contribution in [0.1, 0.15) is 16.3 Å². The Morgan fingerprint density at radius 1 is 1.50 bits per heavy atom. The fourth-order valence-electron chi connectivity index (χ4n) is 1.69. The lowest BCUT2D eigenvalue weighted by molar-refractivity contribution is 0.731. The second kappa shape index (κ2) is 5.49. The van der Waals surface area contributed by atoms with Gasteiger partial charge in [0.2, 0.25) is 0 Å². The Labute approximate surface area is 116 Å². The summed E-state index contributed by atoms with van der Waals surface area (Å²) in [6.07, 6.45) is 0. The van der Waals surface area contributed by atoms with Crippen LogP contribution in [0.15, 0.2) is 17.5 Å². The lowest BCUT2D eigenvalue weighted by atomic mass is 10.3. The lowest BCUT2D eigenvalue weighted by Gasteiger charge is -2.10. The van der Waals surface area contributed by atoms with Crippen molar-refractivity contribution in [2.45, 2.75) is 20.4 Å². The topological polar surface area (TPSA) is 41.9 Å². The second-order valence-electron chi connectivity index (χ2n) is 4.06. The highest BCUT2D eigenvalue weighted by atomic mass is 32.1. The van der Waals surface area contributed by atoms with Gasteiger partial charge >= 0.3 is 0 Å². The number of hydrogen-bond donors (Lipinski definition) is 2. The number of aromatic nitrogens is 2. The SMILES string of the molecule is Cc1nn(C)c(C)c1NC(=S)NCc1cccs1. The van der Waals surface area contributed by atoms with Crippen molar-refractivity contribution in [3.8, 4) is 0 Å². The predicted octanol–water partition coefficient (Wildman–Crippen LogP) is 2.59. The van der Waals surface area contributed by atoms with Crippen LogP contribution in [0, 0.1) is 13.8 Å². The zero-order valence-corrected chi connectivity index (χ0v) is 12.3. The molecule has 0 radical (unpaired) electrons.